The van der Waals surface area contributed by atoms with Gasteiger partial charge in [0.05, 0.1) is 24.2 Å². The summed E-state index contributed by atoms with van der Waals surface area (Å²) in [6, 6.07) is 4.69. The highest BCUT2D eigenvalue weighted by molar-refractivity contribution is 6.01. The molecule has 0 bridgehead atoms. The lowest BCUT2D eigenvalue weighted by Crippen LogP contribution is -2.30. The lowest BCUT2D eigenvalue weighted by atomic mass is 9.84. The smallest absolute Gasteiger partial charge is 0.230 e. The number of likely N-dealkylation sites (tertiary alicyclic amines) is 1. The van der Waals surface area contributed by atoms with Crippen LogP contribution in [0.1, 0.15) is 56.8 Å². The summed E-state index contributed by atoms with van der Waals surface area (Å²) < 4.78 is 2.32. The standard InChI is InChI=1S/C22H26N6O/c23-9-7-15-3-5-16(6-4-15)28-19(13-20(29)27-11-1-2-12-27)26-18-14-25-22-17(21(18)28)8-10-24-22/h8,10,14-16H,1-7,11-13H2,(H,24,25)/t15-,16+. The molecule has 150 valence electrons. The van der Waals surface area contributed by atoms with E-state index in [9.17, 15) is 4.79 Å². The molecule has 0 atom stereocenters. The zero-order valence-electron chi connectivity index (χ0n) is 16.6. The molecule has 1 saturated heterocycles. The number of hydrogen-bond donors (Lipinski definition) is 1. The molecule has 29 heavy (non-hydrogen) atoms. The van der Waals surface area contributed by atoms with Crippen molar-refractivity contribution in [2.24, 2.45) is 5.92 Å². The van der Waals surface area contributed by atoms with Crippen LogP contribution < -0.4 is 0 Å². The number of carbonyl (C=O) groups excluding carboxylic acids is 1. The summed E-state index contributed by atoms with van der Waals surface area (Å²) in [5.74, 6) is 1.53. The fourth-order valence-electron chi connectivity index (χ4n) is 5.11. The minimum absolute atomic E-state index is 0.176. The first-order chi connectivity index (χ1) is 14.2. The topological polar surface area (TPSA) is 90.6 Å². The van der Waals surface area contributed by atoms with Gasteiger partial charge in [0, 0.05) is 37.1 Å². The van der Waals surface area contributed by atoms with E-state index in [-0.39, 0.29) is 5.91 Å². The number of aromatic amines is 1. The average molecular weight is 390 g/mol. The number of H-pyrrole nitrogens is 1. The van der Waals surface area contributed by atoms with Gasteiger partial charge in [0.1, 0.15) is 17.0 Å². The Morgan fingerprint density at radius 3 is 2.79 bits per heavy atom. The SMILES string of the molecule is N#CC[C@H]1CC[C@@H](n2c(CC(=O)N3CCCC3)nc3cnc4[nH]ccc4c32)CC1. The summed E-state index contributed by atoms with van der Waals surface area (Å²) >= 11 is 0. The van der Waals surface area contributed by atoms with Crippen LogP contribution in [0.5, 0.6) is 0 Å². The second-order valence-corrected chi connectivity index (χ2v) is 8.43. The summed E-state index contributed by atoms with van der Waals surface area (Å²) in [6.45, 7) is 1.73. The van der Waals surface area contributed by atoms with Gasteiger partial charge in [-0.2, -0.15) is 5.26 Å². The van der Waals surface area contributed by atoms with Gasteiger partial charge in [-0.3, -0.25) is 4.79 Å². The van der Waals surface area contributed by atoms with Crippen molar-refractivity contribution in [2.75, 3.05) is 13.1 Å². The first kappa shape index (κ1) is 18.2. The number of imidazole rings is 1. The van der Waals surface area contributed by atoms with Crippen LogP contribution in [0.4, 0.5) is 0 Å². The van der Waals surface area contributed by atoms with Gasteiger partial charge >= 0.3 is 0 Å². The van der Waals surface area contributed by atoms with Crippen molar-refractivity contribution < 1.29 is 4.79 Å². The number of rotatable bonds is 4. The van der Waals surface area contributed by atoms with Crippen LogP contribution in [0.25, 0.3) is 22.1 Å². The van der Waals surface area contributed by atoms with E-state index in [0.717, 1.165) is 79.5 Å². The van der Waals surface area contributed by atoms with E-state index in [1.807, 2.05) is 17.3 Å². The Bertz CT molecular complexity index is 1080. The molecular weight excluding hydrogens is 364 g/mol. The molecule has 4 heterocycles. The summed E-state index contributed by atoms with van der Waals surface area (Å²) in [7, 11) is 0. The van der Waals surface area contributed by atoms with Crippen molar-refractivity contribution in [3.63, 3.8) is 0 Å². The molecule has 2 aliphatic rings. The van der Waals surface area contributed by atoms with E-state index in [1.54, 1.807) is 0 Å². The van der Waals surface area contributed by atoms with E-state index in [0.29, 0.717) is 24.8 Å². The van der Waals surface area contributed by atoms with Crippen molar-refractivity contribution in [3.05, 3.63) is 24.3 Å². The minimum Gasteiger partial charge on any atom is -0.346 e. The quantitative estimate of drug-likeness (QED) is 0.735. The molecule has 1 aliphatic carbocycles. The Kier molecular flexibility index (Phi) is 4.70. The third kappa shape index (κ3) is 3.27. The Labute approximate surface area is 169 Å². The van der Waals surface area contributed by atoms with Gasteiger partial charge in [0.15, 0.2) is 0 Å². The Hall–Kier alpha value is -2.88. The largest absolute Gasteiger partial charge is 0.346 e. The van der Waals surface area contributed by atoms with Crippen molar-refractivity contribution in [3.8, 4) is 6.07 Å². The zero-order chi connectivity index (χ0) is 19.8. The zero-order valence-corrected chi connectivity index (χ0v) is 16.6. The third-order valence-corrected chi connectivity index (χ3v) is 6.64. The number of aromatic nitrogens is 4. The number of fused-ring (bicyclic) bond motifs is 3. The maximum atomic E-state index is 12.9. The van der Waals surface area contributed by atoms with Gasteiger partial charge in [-0.25, -0.2) is 9.97 Å². The molecule has 1 amide bonds. The molecular formula is C22H26N6O. The van der Waals surface area contributed by atoms with Crippen LogP contribution in [0, 0.1) is 17.2 Å². The summed E-state index contributed by atoms with van der Waals surface area (Å²) in [4.78, 5) is 27.4. The number of hydrogen-bond acceptors (Lipinski definition) is 4. The second kappa shape index (κ2) is 7.51. The van der Waals surface area contributed by atoms with Gasteiger partial charge in [0.25, 0.3) is 0 Å². The van der Waals surface area contributed by atoms with Crippen molar-refractivity contribution in [1.29, 1.82) is 5.26 Å². The summed E-state index contributed by atoms with van der Waals surface area (Å²) in [5.41, 5.74) is 2.80. The molecule has 7 nitrogen and oxygen atoms in total. The van der Waals surface area contributed by atoms with Gasteiger partial charge < -0.3 is 14.5 Å². The predicted octanol–water partition coefficient (Wildman–Crippen LogP) is 3.72. The van der Waals surface area contributed by atoms with E-state index >= 15 is 0 Å². The monoisotopic (exact) mass is 390 g/mol. The second-order valence-electron chi connectivity index (χ2n) is 8.43. The highest BCUT2D eigenvalue weighted by Crippen LogP contribution is 2.38. The van der Waals surface area contributed by atoms with Crippen LogP contribution in [0.3, 0.4) is 0 Å². The molecule has 0 unspecified atom stereocenters. The number of nitrogens with zero attached hydrogens (tertiary/aromatic N) is 5. The van der Waals surface area contributed by atoms with Crippen LogP contribution in [0.2, 0.25) is 0 Å². The number of amides is 1. The van der Waals surface area contributed by atoms with Gasteiger partial charge in [-0.05, 0) is 50.5 Å². The van der Waals surface area contributed by atoms with E-state index in [4.69, 9.17) is 10.2 Å². The predicted molar refractivity (Wildman–Crippen MR) is 110 cm³/mol. The van der Waals surface area contributed by atoms with Crippen molar-refractivity contribution in [2.45, 2.75) is 57.4 Å². The van der Waals surface area contributed by atoms with Gasteiger partial charge in [-0.15, -0.1) is 0 Å². The summed E-state index contributed by atoms with van der Waals surface area (Å²) in [6.07, 6.45) is 11.1. The molecule has 3 aromatic heterocycles. The molecule has 5 rings (SSSR count). The molecule has 3 aromatic rings. The van der Waals surface area contributed by atoms with Crippen molar-refractivity contribution >= 4 is 28.0 Å². The lowest BCUT2D eigenvalue weighted by molar-refractivity contribution is -0.129. The number of nitrogens with one attached hydrogen (secondary N) is 1. The fourth-order valence-corrected chi connectivity index (χ4v) is 5.11. The number of carbonyl (C=O) groups is 1. The third-order valence-electron chi connectivity index (χ3n) is 6.64. The Morgan fingerprint density at radius 1 is 1.24 bits per heavy atom. The number of pyridine rings is 1. The maximum absolute atomic E-state index is 12.9. The van der Waals surface area contributed by atoms with Gasteiger partial charge in [-0.1, -0.05) is 0 Å². The Balaban J connectivity index is 1.54. The maximum Gasteiger partial charge on any atom is 0.230 e. The molecule has 0 radical (unpaired) electrons. The average Bonchev–Trinajstić information content (AvgIpc) is 3.47. The molecule has 1 aliphatic heterocycles. The fraction of sp³-hybridized carbons (Fsp3) is 0.545. The molecule has 0 aromatic carbocycles. The van der Waals surface area contributed by atoms with Crippen molar-refractivity contribution in [1.82, 2.24) is 24.4 Å². The molecule has 0 spiro atoms. The highest BCUT2D eigenvalue weighted by Gasteiger charge is 2.28. The molecule has 7 heteroatoms. The number of nitriles is 1. The van der Waals surface area contributed by atoms with Crippen LogP contribution in [0.15, 0.2) is 18.5 Å². The van der Waals surface area contributed by atoms with E-state index in [2.05, 4.69) is 26.7 Å². The van der Waals surface area contributed by atoms with E-state index < -0.39 is 0 Å². The molecule has 1 saturated carbocycles. The summed E-state index contributed by atoms with van der Waals surface area (Å²) in [5, 5.41) is 10.1. The van der Waals surface area contributed by atoms with E-state index in [1.165, 1.54) is 0 Å². The normalized spacial score (nSPS) is 22.4. The van der Waals surface area contributed by atoms with Crippen LogP contribution >= 0.6 is 0 Å². The minimum atomic E-state index is 0.176. The lowest BCUT2D eigenvalue weighted by Gasteiger charge is -2.30. The van der Waals surface area contributed by atoms with Gasteiger partial charge in [0.2, 0.25) is 5.91 Å². The molecule has 2 fully saturated rings. The highest BCUT2D eigenvalue weighted by atomic mass is 16.2. The molecule has 1 N–H and O–H groups in total. The van der Waals surface area contributed by atoms with Crippen LogP contribution in [-0.4, -0.2) is 43.4 Å². The van der Waals surface area contributed by atoms with Crippen LogP contribution in [-0.2, 0) is 11.2 Å². The first-order valence-corrected chi connectivity index (χ1v) is 10.7. The first-order valence-electron chi connectivity index (χ1n) is 10.7. The Morgan fingerprint density at radius 2 is 2.03 bits per heavy atom.